The van der Waals surface area contributed by atoms with Crippen molar-refractivity contribution in [2.75, 3.05) is 25.0 Å². The van der Waals surface area contributed by atoms with Gasteiger partial charge >= 0.3 is 0 Å². The Bertz CT molecular complexity index is 1190. The van der Waals surface area contributed by atoms with Crippen molar-refractivity contribution >= 4 is 11.5 Å². The summed E-state index contributed by atoms with van der Waals surface area (Å²) in [4.78, 5) is 14.9. The number of hydrogen-bond acceptors (Lipinski definition) is 4. The van der Waals surface area contributed by atoms with E-state index in [1.165, 1.54) is 46.7 Å². The Labute approximate surface area is 222 Å². The van der Waals surface area contributed by atoms with Crippen molar-refractivity contribution in [3.8, 4) is 11.8 Å². The fourth-order valence-electron chi connectivity index (χ4n) is 9.06. The number of carbonyl (C=O) groups is 1. The Morgan fingerprint density at radius 3 is 2.51 bits per heavy atom. The van der Waals surface area contributed by atoms with E-state index in [1.807, 2.05) is 20.0 Å². The van der Waals surface area contributed by atoms with Crippen molar-refractivity contribution in [3.05, 3.63) is 52.6 Å². The molecule has 6 rings (SSSR count). The second-order valence-electron chi connectivity index (χ2n) is 12.4. The van der Waals surface area contributed by atoms with Crippen LogP contribution in [0.5, 0.6) is 0 Å². The molecule has 4 nitrogen and oxygen atoms in total. The molecule has 1 aromatic rings. The Hall–Kier alpha value is -2.35. The molecule has 1 unspecified atom stereocenters. The van der Waals surface area contributed by atoms with Gasteiger partial charge in [-0.3, -0.25) is 4.79 Å². The maximum absolute atomic E-state index is 12.3. The molecule has 0 spiro atoms. The summed E-state index contributed by atoms with van der Waals surface area (Å²) < 4.78 is 0. The summed E-state index contributed by atoms with van der Waals surface area (Å²) in [5.74, 6) is 8.30. The Morgan fingerprint density at radius 1 is 1.05 bits per heavy atom. The molecule has 1 heterocycles. The average Bonchev–Trinajstić information content (AvgIpc) is 3.21. The first-order chi connectivity index (χ1) is 17.9. The topological polar surface area (TPSA) is 43.8 Å². The molecule has 1 aromatic carbocycles. The van der Waals surface area contributed by atoms with Crippen molar-refractivity contribution in [2.45, 2.75) is 89.5 Å². The first-order valence-corrected chi connectivity index (χ1v) is 14.6. The van der Waals surface area contributed by atoms with Gasteiger partial charge in [0, 0.05) is 43.6 Å². The quantitative estimate of drug-likeness (QED) is 0.374. The van der Waals surface area contributed by atoms with Crippen LogP contribution in [0.25, 0.3) is 0 Å². The maximum atomic E-state index is 12.3. The van der Waals surface area contributed by atoms with Crippen molar-refractivity contribution < 1.29 is 10.0 Å². The SMILES string of the molecule is CC#C[C@]1(N(C)O)CC[C@H]2[C@@H]3CCC4=CC(=O)CCC4=C3C(c3ccc(N4CCCCC4)cc3)C[C@@]21C. The van der Waals surface area contributed by atoms with E-state index in [1.54, 1.807) is 5.57 Å². The molecule has 1 saturated heterocycles. The molecule has 37 heavy (non-hydrogen) atoms. The second-order valence-corrected chi connectivity index (χ2v) is 12.4. The molecule has 1 aliphatic heterocycles. The fourth-order valence-corrected chi connectivity index (χ4v) is 9.06. The number of ketones is 1. The predicted octanol–water partition coefficient (Wildman–Crippen LogP) is 6.66. The lowest BCUT2D eigenvalue weighted by Gasteiger charge is -2.56. The van der Waals surface area contributed by atoms with Crippen LogP contribution in [0, 0.1) is 29.1 Å². The zero-order valence-corrected chi connectivity index (χ0v) is 22.9. The van der Waals surface area contributed by atoms with E-state index in [4.69, 9.17) is 0 Å². The molecule has 0 bridgehead atoms. The average molecular weight is 499 g/mol. The lowest BCUT2D eigenvalue weighted by molar-refractivity contribution is -0.174. The molecule has 4 heteroatoms. The highest BCUT2D eigenvalue weighted by Gasteiger charge is 2.64. The van der Waals surface area contributed by atoms with E-state index < -0.39 is 5.54 Å². The third-order valence-corrected chi connectivity index (χ3v) is 10.8. The standard InChI is InChI=1S/C33H42N2O2/c1-4-17-33(34(3)37)18-16-30-28-14-10-24-21-26(36)13-15-27(24)31(28)29(22-32(30,33)2)23-8-11-25(12-9-23)35-19-6-5-7-20-35/h8-9,11-12,21,28-30,37H,5-7,10,13-16,18-20,22H2,1-3H3/t28-,29?,30-,32-,33-/m0/s1. The molecular weight excluding hydrogens is 456 g/mol. The van der Waals surface area contributed by atoms with E-state index in [2.05, 4.69) is 47.9 Å². The number of hydrogen-bond donors (Lipinski definition) is 1. The summed E-state index contributed by atoms with van der Waals surface area (Å²) in [5.41, 5.74) is 6.49. The van der Waals surface area contributed by atoms with Crippen molar-refractivity contribution in [3.63, 3.8) is 0 Å². The first-order valence-electron chi connectivity index (χ1n) is 14.6. The van der Waals surface area contributed by atoms with Gasteiger partial charge in [-0.15, -0.1) is 5.92 Å². The van der Waals surface area contributed by atoms with Crippen LogP contribution in [-0.2, 0) is 4.79 Å². The number of anilines is 1. The lowest BCUT2D eigenvalue weighted by Crippen LogP contribution is -2.57. The highest BCUT2D eigenvalue weighted by atomic mass is 16.5. The Balaban J connectivity index is 1.46. The van der Waals surface area contributed by atoms with Gasteiger partial charge < -0.3 is 10.1 Å². The van der Waals surface area contributed by atoms with Crippen molar-refractivity contribution in [1.29, 1.82) is 0 Å². The zero-order valence-electron chi connectivity index (χ0n) is 22.9. The number of benzene rings is 1. The van der Waals surface area contributed by atoms with Crippen LogP contribution in [0.4, 0.5) is 5.69 Å². The van der Waals surface area contributed by atoms with Crippen LogP contribution < -0.4 is 4.90 Å². The number of nitrogens with zero attached hydrogens (tertiary/aromatic N) is 2. The van der Waals surface area contributed by atoms with Crippen LogP contribution in [0.2, 0.25) is 0 Å². The van der Waals surface area contributed by atoms with Crippen LogP contribution in [0.15, 0.2) is 47.1 Å². The number of hydroxylamine groups is 2. The predicted molar refractivity (Wildman–Crippen MR) is 148 cm³/mol. The molecule has 0 aromatic heterocycles. The van der Waals surface area contributed by atoms with Crippen LogP contribution >= 0.6 is 0 Å². The normalized spacial score (nSPS) is 35.4. The third kappa shape index (κ3) is 3.84. The number of carbonyl (C=O) groups excluding carboxylic acids is 1. The second kappa shape index (κ2) is 9.44. The molecule has 0 radical (unpaired) electrons. The highest BCUT2D eigenvalue weighted by molar-refractivity contribution is 5.93. The molecule has 5 atom stereocenters. The summed E-state index contributed by atoms with van der Waals surface area (Å²) in [5, 5.41) is 12.5. The van der Waals surface area contributed by atoms with E-state index in [9.17, 15) is 10.0 Å². The number of fused-ring (bicyclic) bond motifs is 4. The summed E-state index contributed by atoms with van der Waals surface area (Å²) >= 11 is 0. The van der Waals surface area contributed by atoms with Gasteiger partial charge in [0.1, 0.15) is 5.54 Å². The molecule has 5 aliphatic rings. The summed E-state index contributed by atoms with van der Waals surface area (Å²) in [6.07, 6.45) is 12.5. The Kier molecular flexibility index (Phi) is 6.37. The minimum absolute atomic E-state index is 0.115. The smallest absolute Gasteiger partial charge is 0.156 e. The minimum atomic E-state index is -0.521. The summed E-state index contributed by atoms with van der Waals surface area (Å²) in [7, 11) is 1.81. The first kappa shape index (κ1) is 25.0. The molecule has 196 valence electrons. The fraction of sp³-hybridized carbons (Fsp3) is 0.606. The van der Waals surface area contributed by atoms with Gasteiger partial charge in [0.05, 0.1) is 0 Å². The monoisotopic (exact) mass is 498 g/mol. The van der Waals surface area contributed by atoms with E-state index in [0.717, 1.165) is 51.6 Å². The maximum Gasteiger partial charge on any atom is 0.156 e. The summed E-state index contributed by atoms with van der Waals surface area (Å²) in [6.45, 7) is 6.63. The number of allylic oxidation sites excluding steroid dienone is 4. The largest absolute Gasteiger partial charge is 0.372 e. The zero-order chi connectivity index (χ0) is 25.8. The molecular formula is C33H42N2O2. The van der Waals surface area contributed by atoms with Gasteiger partial charge in [-0.25, -0.2) is 0 Å². The molecule has 0 amide bonds. The van der Waals surface area contributed by atoms with Gasteiger partial charge in [0.2, 0.25) is 0 Å². The highest BCUT2D eigenvalue weighted by Crippen LogP contribution is 2.67. The molecule has 4 aliphatic carbocycles. The van der Waals surface area contributed by atoms with E-state index >= 15 is 0 Å². The van der Waals surface area contributed by atoms with Gasteiger partial charge in [0.25, 0.3) is 0 Å². The molecule has 2 saturated carbocycles. The van der Waals surface area contributed by atoms with Crippen molar-refractivity contribution in [2.24, 2.45) is 17.3 Å². The molecule has 3 fully saturated rings. The van der Waals surface area contributed by atoms with Crippen LogP contribution in [0.1, 0.15) is 89.5 Å². The number of rotatable bonds is 3. The van der Waals surface area contributed by atoms with Gasteiger partial charge in [0.15, 0.2) is 5.78 Å². The van der Waals surface area contributed by atoms with Crippen LogP contribution in [0.3, 0.4) is 0 Å². The third-order valence-electron chi connectivity index (χ3n) is 10.8. The minimum Gasteiger partial charge on any atom is -0.372 e. The van der Waals surface area contributed by atoms with E-state index in [0.29, 0.717) is 30.0 Å². The summed E-state index contributed by atoms with van der Waals surface area (Å²) in [6, 6.07) is 9.43. The van der Waals surface area contributed by atoms with Crippen LogP contribution in [-0.4, -0.2) is 41.7 Å². The van der Waals surface area contributed by atoms with Gasteiger partial charge in [-0.2, -0.15) is 5.06 Å². The number of piperidine rings is 1. The van der Waals surface area contributed by atoms with Crippen molar-refractivity contribution in [1.82, 2.24) is 5.06 Å². The Morgan fingerprint density at radius 2 is 1.81 bits per heavy atom. The lowest BCUT2D eigenvalue weighted by atomic mass is 9.50. The van der Waals surface area contributed by atoms with Gasteiger partial charge in [-0.05, 0) is 111 Å². The van der Waals surface area contributed by atoms with Gasteiger partial charge in [-0.1, -0.05) is 30.6 Å². The molecule has 1 N–H and O–H groups in total. The van der Waals surface area contributed by atoms with E-state index in [-0.39, 0.29) is 5.41 Å².